The topological polar surface area (TPSA) is 21.3 Å². The molecule has 0 unspecified atom stereocenters. The molecule has 2 aromatic carbocycles. The molecule has 1 radical (unpaired) electrons. The number of rotatable bonds is 3. The lowest BCUT2D eigenvalue weighted by Gasteiger charge is -2.07. The second kappa shape index (κ2) is 4.51. The van der Waals surface area contributed by atoms with E-state index in [1.54, 1.807) is 7.11 Å². The number of methoxy groups -OCH3 is 1. The largest absolute Gasteiger partial charge is 0.496 e. The first-order valence-corrected chi connectivity index (χ1v) is 4.76. The summed E-state index contributed by atoms with van der Waals surface area (Å²) in [5, 5.41) is 3.28. The third-order valence-corrected chi connectivity index (χ3v) is 2.06. The molecule has 2 aromatic rings. The molecule has 0 saturated carbocycles. The molecule has 1 N–H and O–H groups in total. The van der Waals surface area contributed by atoms with Crippen molar-refractivity contribution in [3.8, 4) is 5.75 Å². The molecule has 0 amide bonds. The van der Waals surface area contributed by atoms with Crippen LogP contribution in [0.1, 0.15) is 0 Å². The van der Waals surface area contributed by atoms with Crippen LogP contribution in [0, 0.1) is 6.07 Å². The second-order valence-electron chi connectivity index (χ2n) is 3.14. The summed E-state index contributed by atoms with van der Waals surface area (Å²) in [5.41, 5.74) is 2.06. The molecule has 0 aliphatic carbocycles. The van der Waals surface area contributed by atoms with Crippen LogP contribution in [-0.4, -0.2) is 7.11 Å². The molecule has 0 heterocycles. The van der Waals surface area contributed by atoms with Crippen molar-refractivity contribution in [1.29, 1.82) is 0 Å². The number of ether oxygens (including phenoxy) is 1. The normalized spacial score (nSPS) is 9.67. The van der Waals surface area contributed by atoms with Gasteiger partial charge in [0.25, 0.3) is 0 Å². The lowest BCUT2D eigenvalue weighted by molar-refractivity contribution is 0.414. The Kier molecular flexibility index (Phi) is 2.88. The van der Waals surface area contributed by atoms with Gasteiger partial charge >= 0.3 is 0 Å². The highest BCUT2D eigenvalue weighted by Gasteiger charge is 1.95. The van der Waals surface area contributed by atoms with Gasteiger partial charge in [-0.3, -0.25) is 0 Å². The maximum Gasteiger partial charge on any atom is 0.128 e. The van der Waals surface area contributed by atoms with E-state index in [1.807, 2.05) is 48.5 Å². The van der Waals surface area contributed by atoms with Gasteiger partial charge in [0.2, 0.25) is 0 Å². The average Bonchev–Trinajstić information content (AvgIpc) is 2.31. The molecule has 0 atom stereocenters. The summed E-state index contributed by atoms with van der Waals surface area (Å²) in [7, 11) is 1.64. The zero-order valence-electron chi connectivity index (χ0n) is 8.53. The Bertz CT molecular complexity index is 426. The second-order valence-corrected chi connectivity index (χ2v) is 3.14. The van der Waals surface area contributed by atoms with Gasteiger partial charge in [-0.15, -0.1) is 0 Å². The number of hydrogen-bond donors (Lipinski definition) is 1. The van der Waals surface area contributed by atoms with Gasteiger partial charge in [0.15, 0.2) is 0 Å². The van der Waals surface area contributed by atoms with Crippen molar-refractivity contribution < 1.29 is 4.74 Å². The summed E-state index contributed by atoms with van der Waals surface area (Å²) >= 11 is 0. The van der Waals surface area contributed by atoms with E-state index in [0.717, 1.165) is 17.1 Å². The van der Waals surface area contributed by atoms with Gasteiger partial charge < -0.3 is 10.1 Å². The maximum absolute atomic E-state index is 5.10. The maximum atomic E-state index is 5.10. The Morgan fingerprint density at radius 1 is 1.07 bits per heavy atom. The number of anilines is 2. The molecule has 0 aliphatic rings. The van der Waals surface area contributed by atoms with Gasteiger partial charge in [-0.05, 0) is 24.3 Å². The van der Waals surface area contributed by atoms with E-state index in [1.165, 1.54) is 0 Å². The van der Waals surface area contributed by atoms with E-state index < -0.39 is 0 Å². The van der Waals surface area contributed by atoms with Crippen molar-refractivity contribution in [2.24, 2.45) is 0 Å². The number of nitrogens with one attached hydrogen (secondary N) is 1. The van der Waals surface area contributed by atoms with Crippen LogP contribution in [0.25, 0.3) is 0 Å². The Morgan fingerprint density at radius 3 is 2.60 bits per heavy atom. The first-order valence-electron chi connectivity index (χ1n) is 4.76. The zero-order chi connectivity index (χ0) is 10.5. The third kappa shape index (κ3) is 2.50. The van der Waals surface area contributed by atoms with Gasteiger partial charge in [-0.25, -0.2) is 0 Å². The molecule has 2 heteroatoms. The smallest absolute Gasteiger partial charge is 0.128 e. The summed E-state index contributed by atoms with van der Waals surface area (Å²) in [6, 6.07) is 18.7. The van der Waals surface area contributed by atoms with Crippen molar-refractivity contribution in [3.05, 3.63) is 54.6 Å². The van der Waals surface area contributed by atoms with Crippen molar-refractivity contribution in [2.75, 3.05) is 12.4 Å². The van der Waals surface area contributed by atoms with E-state index in [2.05, 4.69) is 11.4 Å². The third-order valence-electron chi connectivity index (χ3n) is 2.06. The van der Waals surface area contributed by atoms with Crippen molar-refractivity contribution in [2.45, 2.75) is 0 Å². The highest BCUT2D eigenvalue weighted by Crippen LogP contribution is 2.20. The first kappa shape index (κ1) is 9.59. The van der Waals surface area contributed by atoms with Crippen LogP contribution in [0.5, 0.6) is 5.75 Å². The summed E-state index contributed by atoms with van der Waals surface area (Å²) < 4.78 is 5.10. The van der Waals surface area contributed by atoms with E-state index in [9.17, 15) is 0 Å². The minimum Gasteiger partial charge on any atom is -0.496 e. The van der Waals surface area contributed by atoms with Gasteiger partial charge in [-0.2, -0.15) is 0 Å². The van der Waals surface area contributed by atoms with Crippen molar-refractivity contribution >= 4 is 11.4 Å². The molecular weight excluding hydrogens is 186 g/mol. The van der Waals surface area contributed by atoms with Gasteiger partial charge in [0, 0.05) is 23.5 Å². The number of hydrogen-bond acceptors (Lipinski definition) is 2. The van der Waals surface area contributed by atoms with E-state index in [4.69, 9.17) is 4.74 Å². The van der Waals surface area contributed by atoms with Crippen molar-refractivity contribution in [3.63, 3.8) is 0 Å². The summed E-state index contributed by atoms with van der Waals surface area (Å²) in [6.45, 7) is 0. The van der Waals surface area contributed by atoms with E-state index in [0.29, 0.717) is 0 Å². The molecule has 0 fully saturated rings. The fourth-order valence-electron chi connectivity index (χ4n) is 1.33. The SMILES string of the molecule is COc1[c]ccc(Nc2ccccc2)c1. The molecule has 0 aliphatic heterocycles. The van der Waals surface area contributed by atoms with Crippen LogP contribution in [-0.2, 0) is 0 Å². The minimum absolute atomic E-state index is 0.732. The molecule has 0 saturated heterocycles. The predicted molar refractivity (Wildman–Crippen MR) is 61.6 cm³/mol. The minimum atomic E-state index is 0.732. The molecule has 0 aromatic heterocycles. The molecule has 75 valence electrons. The lowest BCUT2D eigenvalue weighted by Crippen LogP contribution is -1.90. The van der Waals surface area contributed by atoms with Gasteiger partial charge in [0.1, 0.15) is 5.75 Å². The molecule has 15 heavy (non-hydrogen) atoms. The highest BCUT2D eigenvalue weighted by atomic mass is 16.5. The summed E-state index contributed by atoms with van der Waals surface area (Å²) in [6.07, 6.45) is 0. The Balaban J connectivity index is 2.17. The Hall–Kier alpha value is -1.96. The van der Waals surface area contributed by atoms with Crippen LogP contribution in [0.3, 0.4) is 0 Å². The number of para-hydroxylation sites is 1. The van der Waals surface area contributed by atoms with E-state index in [-0.39, 0.29) is 0 Å². The average molecular weight is 198 g/mol. The van der Waals surface area contributed by atoms with Crippen LogP contribution >= 0.6 is 0 Å². The van der Waals surface area contributed by atoms with Crippen LogP contribution < -0.4 is 10.1 Å². The summed E-state index contributed by atoms with van der Waals surface area (Å²) in [4.78, 5) is 0. The van der Waals surface area contributed by atoms with Crippen LogP contribution in [0.4, 0.5) is 11.4 Å². The quantitative estimate of drug-likeness (QED) is 0.817. The lowest BCUT2D eigenvalue weighted by atomic mass is 10.2. The van der Waals surface area contributed by atoms with E-state index >= 15 is 0 Å². The molecule has 0 spiro atoms. The van der Waals surface area contributed by atoms with Crippen LogP contribution in [0.15, 0.2) is 48.5 Å². The monoisotopic (exact) mass is 198 g/mol. The fraction of sp³-hybridized carbons (Fsp3) is 0.0769. The first-order chi connectivity index (χ1) is 7.38. The molecule has 2 nitrogen and oxygen atoms in total. The molecule has 0 bridgehead atoms. The standard InChI is InChI=1S/C13H12NO/c1-15-13-9-5-8-12(10-13)14-11-6-3-2-4-7-11/h2-8,10,14H,1H3. The zero-order valence-corrected chi connectivity index (χ0v) is 8.53. The fourth-order valence-corrected chi connectivity index (χ4v) is 1.33. The van der Waals surface area contributed by atoms with Gasteiger partial charge in [-0.1, -0.05) is 18.2 Å². The molecular formula is C13H12NO. The van der Waals surface area contributed by atoms with Crippen molar-refractivity contribution in [1.82, 2.24) is 0 Å². The predicted octanol–water partition coefficient (Wildman–Crippen LogP) is 3.24. The Morgan fingerprint density at radius 2 is 1.87 bits per heavy atom. The Labute approximate surface area is 89.5 Å². The number of benzene rings is 2. The van der Waals surface area contributed by atoms with Gasteiger partial charge in [0.05, 0.1) is 7.11 Å². The molecule has 2 rings (SSSR count). The van der Waals surface area contributed by atoms with Crippen LogP contribution in [0.2, 0.25) is 0 Å². The highest BCUT2D eigenvalue weighted by molar-refractivity contribution is 5.60. The summed E-state index contributed by atoms with van der Waals surface area (Å²) in [5.74, 6) is 0.732.